The van der Waals surface area contributed by atoms with E-state index in [0.717, 1.165) is 16.9 Å². The van der Waals surface area contributed by atoms with E-state index in [4.69, 9.17) is 5.73 Å². The number of aromatic nitrogens is 1. The average molecular weight is 258 g/mol. The van der Waals surface area contributed by atoms with Crippen LogP contribution < -0.4 is 11.1 Å². The Kier molecular flexibility index (Phi) is 3.61. The highest BCUT2D eigenvalue weighted by atomic mass is 16.6. The molecule has 0 aliphatic heterocycles. The van der Waals surface area contributed by atoms with Crippen LogP contribution in [0.5, 0.6) is 0 Å². The van der Waals surface area contributed by atoms with Gasteiger partial charge in [0.15, 0.2) is 0 Å². The third-order valence-electron chi connectivity index (χ3n) is 2.68. The van der Waals surface area contributed by atoms with Gasteiger partial charge in [-0.05, 0) is 24.1 Å². The minimum Gasteiger partial charge on any atom is -0.397 e. The monoisotopic (exact) mass is 258 g/mol. The van der Waals surface area contributed by atoms with Crippen LogP contribution in [0.15, 0.2) is 36.5 Å². The number of hydrogen-bond donors (Lipinski definition) is 2. The summed E-state index contributed by atoms with van der Waals surface area (Å²) < 4.78 is 0. The van der Waals surface area contributed by atoms with Crippen molar-refractivity contribution in [1.82, 2.24) is 4.98 Å². The van der Waals surface area contributed by atoms with E-state index < -0.39 is 4.92 Å². The lowest BCUT2D eigenvalue weighted by atomic mass is 10.2. The lowest BCUT2D eigenvalue weighted by Crippen LogP contribution is -2.04. The van der Waals surface area contributed by atoms with E-state index in [1.54, 1.807) is 18.3 Å². The summed E-state index contributed by atoms with van der Waals surface area (Å²) in [5.74, 6) is 0.723. The maximum atomic E-state index is 10.7. The molecule has 0 saturated heterocycles. The number of rotatable bonds is 4. The Hall–Kier alpha value is -2.63. The first-order valence-corrected chi connectivity index (χ1v) is 5.75. The van der Waals surface area contributed by atoms with Gasteiger partial charge < -0.3 is 11.1 Å². The number of nitro benzene ring substituents is 1. The molecule has 0 amide bonds. The van der Waals surface area contributed by atoms with Gasteiger partial charge in [-0.3, -0.25) is 10.1 Å². The molecule has 2 rings (SSSR count). The van der Waals surface area contributed by atoms with E-state index in [2.05, 4.69) is 10.3 Å². The Balaban J connectivity index is 2.10. The molecule has 19 heavy (non-hydrogen) atoms. The number of hydrogen-bond acceptors (Lipinski definition) is 5. The van der Waals surface area contributed by atoms with Crippen LogP contribution in [-0.4, -0.2) is 9.91 Å². The second-order valence-corrected chi connectivity index (χ2v) is 4.21. The number of nitrogens with zero attached hydrogens (tertiary/aromatic N) is 2. The zero-order valence-electron chi connectivity index (χ0n) is 10.5. The number of pyridine rings is 1. The number of nitro groups is 1. The molecule has 0 fully saturated rings. The zero-order chi connectivity index (χ0) is 13.8. The van der Waals surface area contributed by atoms with Crippen molar-refractivity contribution in [2.75, 3.05) is 11.1 Å². The van der Waals surface area contributed by atoms with Gasteiger partial charge >= 0.3 is 0 Å². The highest BCUT2D eigenvalue weighted by molar-refractivity contribution is 5.51. The van der Waals surface area contributed by atoms with Gasteiger partial charge in [-0.25, -0.2) is 4.98 Å². The van der Waals surface area contributed by atoms with Crippen LogP contribution >= 0.6 is 0 Å². The van der Waals surface area contributed by atoms with E-state index in [9.17, 15) is 10.1 Å². The standard InChI is InChI=1S/C13H14N4O2/c1-9-5-11(14)8-16-13(9)15-7-10-3-2-4-12(6-10)17(18)19/h2-6,8H,7,14H2,1H3,(H,15,16). The van der Waals surface area contributed by atoms with Gasteiger partial charge in [-0.15, -0.1) is 0 Å². The molecule has 1 aromatic carbocycles. The second kappa shape index (κ2) is 5.34. The Morgan fingerprint density at radius 1 is 1.42 bits per heavy atom. The highest BCUT2D eigenvalue weighted by Crippen LogP contribution is 2.17. The third-order valence-corrected chi connectivity index (χ3v) is 2.68. The molecule has 0 bridgehead atoms. The van der Waals surface area contributed by atoms with Crippen molar-refractivity contribution in [2.24, 2.45) is 0 Å². The van der Waals surface area contributed by atoms with Gasteiger partial charge in [0.25, 0.3) is 5.69 Å². The maximum Gasteiger partial charge on any atom is 0.269 e. The normalized spacial score (nSPS) is 10.2. The summed E-state index contributed by atoms with van der Waals surface area (Å²) in [5, 5.41) is 13.8. The highest BCUT2D eigenvalue weighted by Gasteiger charge is 2.06. The fourth-order valence-corrected chi connectivity index (χ4v) is 1.75. The fourth-order valence-electron chi connectivity index (χ4n) is 1.75. The van der Waals surface area contributed by atoms with Crippen LogP contribution in [0.4, 0.5) is 17.2 Å². The third kappa shape index (κ3) is 3.19. The molecule has 3 N–H and O–H groups in total. The number of nitrogens with two attached hydrogens (primary N) is 1. The van der Waals surface area contributed by atoms with Crippen LogP contribution in [0.3, 0.4) is 0 Å². The first kappa shape index (κ1) is 12.8. The van der Waals surface area contributed by atoms with Crippen LogP contribution in [0.1, 0.15) is 11.1 Å². The summed E-state index contributed by atoms with van der Waals surface area (Å²) in [5.41, 5.74) is 8.08. The molecule has 0 unspecified atom stereocenters. The van der Waals surface area contributed by atoms with Gasteiger partial charge in [0, 0.05) is 18.7 Å². The topological polar surface area (TPSA) is 94.1 Å². The lowest BCUT2D eigenvalue weighted by Gasteiger charge is -2.08. The van der Waals surface area contributed by atoms with E-state index in [1.165, 1.54) is 6.07 Å². The Morgan fingerprint density at radius 2 is 2.21 bits per heavy atom. The summed E-state index contributed by atoms with van der Waals surface area (Å²) in [4.78, 5) is 14.5. The summed E-state index contributed by atoms with van der Waals surface area (Å²) >= 11 is 0. The lowest BCUT2D eigenvalue weighted by molar-refractivity contribution is -0.384. The molecule has 0 aliphatic rings. The second-order valence-electron chi connectivity index (χ2n) is 4.21. The van der Waals surface area contributed by atoms with Crippen molar-refractivity contribution in [3.8, 4) is 0 Å². The first-order valence-electron chi connectivity index (χ1n) is 5.75. The Bertz CT molecular complexity index is 613. The molecule has 98 valence electrons. The number of nitrogen functional groups attached to an aromatic ring is 1. The summed E-state index contributed by atoms with van der Waals surface area (Å²) in [6.45, 7) is 2.37. The summed E-state index contributed by atoms with van der Waals surface area (Å²) in [7, 11) is 0. The number of nitrogens with one attached hydrogen (secondary N) is 1. The van der Waals surface area contributed by atoms with Crippen LogP contribution in [0, 0.1) is 17.0 Å². The van der Waals surface area contributed by atoms with E-state index in [-0.39, 0.29) is 5.69 Å². The predicted octanol–water partition coefficient (Wildman–Crippen LogP) is 2.49. The summed E-state index contributed by atoms with van der Waals surface area (Å²) in [6, 6.07) is 8.32. The number of benzene rings is 1. The first-order chi connectivity index (χ1) is 9.06. The number of non-ortho nitro benzene ring substituents is 1. The van der Waals surface area contributed by atoms with Crippen molar-refractivity contribution in [3.05, 3.63) is 57.8 Å². The maximum absolute atomic E-state index is 10.7. The smallest absolute Gasteiger partial charge is 0.269 e. The van der Waals surface area contributed by atoms with E-state index in [1.807, 2.05) is 19.1 Å². The predicted molar refractivity (Wildman–Crippen MR) is 73.8 cm³/mol. The van der Waals surface area contributed by atoms with Gasteiger partial charge in [0.2, 0.25) is 0 Å². The van der Waals surface area contributed by atoms with Crippen molar-refractivity contribution in [1.29, 1.82) is 0 Å². The molecule has 1 heterocycles. The van der Waals surface area contributed by atoms with Gasteiger partial charge in [0.1, 0.15) is 5.82 Å². The molecule has 6 heteroatoms. The number of aryl methyl sites for hydroxylation is 1. The minimum atomic E-state index is -0.407. The van der Waals surface area contributed by atoms with Crippen molar-refractivity contribution < 1.29 is 4.92 Å². The molecular formula is C13H14N4O2. The van der Waals surface area contributed by atoms with Crippen LogP contribution in [0.2, 0.25) is 0 Å². The molecular weight excluding hydrogens is 244 g/mol. The molecule has 0 aliphatic carbocycles. The Morgan fingerprint density at radius 3 is 2.89 bits per heavy atom. The quantitative estimate of drug-likeness (QED) is 0.649. The molecule has 0 spiro atoms. The van der Waals surface area contributed by atoms with Gasteiger partial charge in [0.05, 0.1) is 16.8 Å². The molecule has 1 aromatic heterocycles. The Labute approximate surface area is 110 Å². The fraction of sp³-hybridized carbons (Fsp3) is 0.154. The average Bonchev–Trinajstić information content (AvgIpc) is 2.38. The molecule has 0 saturated carbocycles. The minimum absolute atomic E-state index is 0.0845. The molecule has 0 radical (unpaired) electrons. The SMILES string of the molecule is Cc1cc(N)cnc1NCc1cccc([N+](=O)[O-])c1. The van der Waals surface area contributed by atoms with Crippen molar-refractivity contribution in [2.45, 2.75) is 13.5 Å². The van der Waals surface area contributed by atoms with Crippen LogP contribution in [0.25, 0.3) is 0 Å². The largest absolute Gasteiger partial charge is 0.397 e. The van der Waals surface area contributed by atoms with E-state index in [0.29, 0.717) is 12.2 Å². The molecule has 0 atom stereocenters. The van der Waals surface area contributed by atoms with Gasteiger partial charge in [-0.1, -0.05) is 12.1 Å². The van der Waals surface area contributed by atoms with Gasteiger partial charge in [-0.2, -0.15) is 0 Å². The van der Waals surface area contributed by atoms with Crippen molar-refractivity contribution in [3.63, 3.8) is 0 Å². The molecule has 2 aromatic rings. The van der Waals surface area contributed by atoms with Crippen LogP contribution in [-0.2, 0) is 6.54 Å². The molecule has 6 nitrogen and oxygen atoms in total. The number of anilines is 2. The zero-order valence-corrected chi connectivity index (χ0v) is 10.5. The summed E-state index contributed by atoms with van der Waals surface area (Å²) in [6.07, 6.45) is 1.57. The van der Waals surface area contributed by atoms with Crippen molar-refractivity contribution >= 4 is 17.2 Å². The van der Waals surface area contributed by atoms with E-state index >= 15 is 0 Å².